The van der Waals surface area contributed by atoms with Crippen molar-refractivity contribution in [2.45, 2.75) is 84.7 Å². The molecule has 0 unspecified atom stereocenters. The zero-order valence-corrected chi connectivity index (χ0v) is 12.2. The fourth-order valence-corrected chi connectivity index (χ4v) is 1.80. The fraction of sp³-hybridized carbons (Fsp3) is 0.867. The highest BCUT2D eigenvalue weighted by atomic mass is 16.5. The van der Waals surface area contributed by atoms with Crippen molar-refractivity contribution in [1.82, 2.24) is 0 Å². The first-order chi connectivity index (χ1) is 8.57. The van der Waals surface area contributed by atoms with Crippen molar-refractivity contribution in [3.8, 4) is 0 Å². The maximum Gasteiger partial charge on any atom is 0.374 e. The lowest BCUT2D eigenvalue weighted by molar-refractivity contribution is -0.156. The molecule has 0 spiro atoms. The van der Waals surface area contributed by atoms with Crippen molar-refractivity contribution in [3.63, 3.8) is 0 Å². The summed E-state index contributed by atoms with van der Waals surface area (Å²) in [5.41, 5.74) is 0. The van der Waals surface area contributed by atoms with E-state index in [1.54, 1.807) is 13.8 Å². The Hall–Kier alpha value is -0.860. The van der Waals surface area contributed by atoms with E-state index in [0.717, 1.165) is 19.3 Å². The predicted octanol–water partition coefficient (Wildman–Crippen LogP) is 4.04. The molecule has 3 nitrogen and oxygen atoms in total. The van der Waals surface area contributed by atoms with Crippen LogP contribution in [0.2, 0.25) is 0 Å². The highest BCUT2D eigenvalue weighted by Crippen LogP contribution is 2.10. The number of ether oxygens (including phenoxy) is 1. The quantitative estimate of drug-likeness (QED) is 0.318. The van der Waals surface area contributed by atoms with Gasteiger partial charge in [-0.1, -0.05) is 51.9 Å². The third-order valence-corrected chi connectivity index (χ3v) is 2.83. The van der Waals surface area contributed by atoms with Gasteiger partial charge >= 0.3 is 5.97 Å². The second kappa shape index (κ2) is 11.2. The van der Waals surface area contributed by atoms with Crippen LogP contribution in [-0.2, 0) is 14.3 Å². The van der Waals surface area contributed by atoms with E-state index in [1.165, 1.54) is 32.1 Å². The van der Waals surface area contributed by atoms with Crippen LogP contribution in [0.4, 0.5) is 0 Å². The minimum atomic E-state index is -0.673. The Morgan fingerprint density at radius 2 is 1.39 bits per heavy atom. The molecule has 18 heavy (non-hydrogen) atoms. The molecule has 0 saturated heterocycles. The maximum atomic E-state index is 11.4. The van der Waals surface area contributed by atoms with E-state index in [-0.39, 0.29) is 11.9 Å². The van der Waals surface area contributed by atoms with Gasteiger partial charge in [0.1, 0.15) is 0 Å². The third kappa shape index (κ3) is 10.3. The molecule has 0 rings (SSSR count). The van der Waals surface area contributed by atoms with Crippen LogP contribution in [0.1, 0.15) is 78.6 Å². The average Bonchev–Trinajstić information content (AvgIpc) is 2.31. The van der Waals surface area contributed by atoms with E-state index in [1.807, 2.05) is 0 Å². The summed E-state index contributed by atoms with van der Waals surface area (Å²) in [5, 5.41) is 0. The van der Waals surface area contributed by atoms with E-state index in [4.69, 9.17) is 4.74 Å². The molecule has 0 aromatic carbocycles. The Morgan fingerprint density at radius 3 is 1.89 bits per heavy atom. The number of esters is 1. The number of ketones is 1. The monoisotopic (exact) mass is 256 g/mol. The summed E-state index contributed by atoms with van der Waals surface area (Å²) < 4.78 is 4.85. The van der Waals surface area contributed by atoms with Gasteiger partial charge in [0, 0.05) is 6.42 Å². The topological polar surface area (TPSA) is 43.4 Å². The molecule has 0 radical (unpaired) electrons. The van der Waals surface area contributed by atoms with E-state index in [0.29, 0.717) is 6.42 Å². The number of hydrogen-bond donors (Lipinski definition) is 0. The summed E-state index contributed by atoms with van der Waals surface area (Å²) in [6.45, 7) is 5.71. The third-order valence-electron chi connectivity index (χ3n) is 2.83. The predicted molar refractivity (Wildman–Crippen MR) is 73.5 cm³/mol. The molecule has 0 aliphatic heterocycles. The van der Waals surface area contributed by atoms with Crippen molar-refractivity contribution in [2.24, 2.45) is 0 Å². The summed E-state index contributed by atoms with van der Waals surface area (Å²) in [7, 11) is 0. The molecule has 0 aromatic rings. The van der Waals surface area contributed by atoms with Crippen molar-refractivity contribution >= 4 is 11.8 Å². The minimum absolute atomic E-state index is 0.208. The van der Waals surface area contributed by atoms with Crippen LogP contribution >= 0.6 is 0 Å². The zero-order chi connectivity index (χ0) is 13.8. The van der Waals surface area contributed by atoms with E-state index >= 15 is 0 Å². The van der Waals surface area contributed by atoms with Gasteiger partial charge in [-0.25, -0.2) is 4.79 Å². The van der Waals surface area contributed by atoms with Crippen molar-refractivity contribution < 1.29 is 14.3 Å². The Bertz CT molecular complexity index is 234. The van der Waals surface area contributed by atoms with Crippen LogP contribution in [0, 0.1) is 0 Å². The number of Topliss-reactive ketones (excluding diaryl/α,β-unsaturated/α-hetero) is 1. The molecule has 0 heterocycles. The van der Waals surface area contributed by atoms with Crippen LogP contribution in [0.25, 0.3) is 0 Å². The Balaban J connectivity index is 3.38. The Labute approximate surface area is 111 Å². The van der Waals surface area contributed by atoms with Crippen molar-refractivity contribution in [1.29, 1.82) is 0 Å². The van der Waals surface area contributed by atoms with Crippen LogP contribution in [0.5, 0.6) is 0 Å². The van der Waals surface area contributed by atoms with Gasteiger partial charge in [-0.3, -0.25) is 4.79 Å². The molecule has 0 aromatic heterocycles. The lowest BCUT2D eigenvalue weighted by atomic mass is 10.1. The molecule has 0 bridgehead atoms. The number of hydrogen-bond acceptors (Lipinski definition) is 3. The van der Waals surface area contributed by atoms with Crippen LogP contribution in [0.15, 0.2) is 0 Å². The maximum absolute atomic E-state index is 11.4. The van der Waals surface area contributed by atoms with Crippen molar-refractivity contribution in [3.05, 3.63) is 0 Å². The molecule has 0 aliphatic rings. The zero-order valence-electron chi connectivity index (χ0n) is 12.2. The first kappa shape index (κ1) is 17.1. The lowest BCUT2D eigenvalue weighted by Crippen LogP contribution is -2.20. The molecule has 106 valence electrons. The minimum Gasteiger partial charge on any atom is -0.457 e. The standard InChI is InChI=1S/C15H28O3/c1-4-5-6-7-8-9-10-11-12-14(16)15(17)18-13(2)3/h13H,4-12H2,1-3H3. The van der Waals surface area contributed by atoms with Crippen LogP contribution < -0.4 is 0 Å². The van der Waals surface area contributed by atoms with E-state index < -0.39 is 5.97 Å². The largest absolute Gasteiger partial charge is 0.457 e. The second-order valence-electron chi connectivity index (χ2n) is 5.10. The van der Waals surface area contributed by atoms with Gasteiger partial charge in [0.2, 0.25) is 5.78 Å². The molecule has 3 heteroatoms. The molecule has 0 saturated carbocycles. The van der Waals surface area contributed by atoms with Crippen LogP contribution in [0.3, 0.4) is 0 Å². The fourth-order valence-electron chi connectivity index (χ4n) is 1.80. The van der Waals surface area contributed by atoms with Gasteiger partial charge in [-0.05, 0) is 20.3 Å². The highest BCUT2D eigenvalue weighted by Gasteiger charge is 2.15. The molecule has 0 fully saturated rings. The molecule has 0 amide bonds. The van der Waals surface area contributed by atoms with Gasteiger partial charge in [-0.2, -0.15) is 0 Å². The van der Waals surface area contributed by atoms with Gasteiger partial charge in [-0.15, -0.1) is 0 Å². The SMILES string of the molecule is CCCCCCCCCCC(=O)C(=O)OC(C)C. The van der Waals surface area contributed by atoms with Crippen LogP contribution in [-0.4, -0.2) is 17.9 Å². The van der Waals surface area contributed by atoms with E-state index in [2.05, 4.69) is 6.92 Å². The average molecular weight is 256 g/mol. The Morgan fingerprint density at radius 1 is 0.889 bits per heavy atom. The smallest absolute Gasteiger partial charge is 0.374 e. The second-order valence-corrected chi connectivity index (χ2v) is 5.10. The Kier molecular flexibility index (Phi) is 10.7. The summed E-state index contributed by atoms with van der Waals surface area (Å²) in [6, 6.07) is 0. The lowest BCUT2D eigenvalue weighted by Gasteiger charge is -2.06. The van der Waals surface area contributed by atoms with Gasteiger partial charge in [0.25, 0.3) is 0 Å². The highest BCUT2D eigenvalue weighted by molar-refractivity contribution is 6.33. The van der Waals surface area contributed by atoms with Gasteiger partial charge in [0.15, 0.2) is 0 Å². The molecule has 0 aliphatic carbocycles. The number of carbonyl (C=O) groups is 2. The van der Waals surface area contributed by atoms with Crippen molar-refractivity contribution in [2.75, 3.05) is 0 Å². The summed E-state index contributed by atoms with van der Waals surface area (Å²) in [4.78, 5) is 22.6. The van der Waals surface area contributed by atoms with Gasteiger partial charge in [0.05, 0.1) is 6.10 Å². The first-order valence-electron chi connectivity index (χ1n) is 7.31. The van der Waals surface area contributed by atoms with Gasteiger partial charge < -0.3 is 4.74 Å². The number of unbranched alkanes of at least 4 members (excludes halogenated alkanes) is 7. The first-order valence-corrected chi connectivity index (χ1v) is 7.31. The summed E-state index contributed by atoms with van der Waals surface area (Å²) in [5.74, 6) is -1.05. The summed E-state index contributed by atoms with van der Waals surface area (Å²) in [6.07, 6.45) is 9.56. The molecular formula is C15H28O3. The molecular weight excluding hydrogens is 228 g/mol. The molecule has 0 atom stereocenters. The molecule has 0 N–H and O–H groups in total. The summed E-state index contributed by atoms with van der Waals surface area (Å²) >= 11 is 0. The normalized spacial score (nSPS) is 10.7. The number of carbonyl (C=O) groups excluding carboxylic acids is 2. The number of rotatable bonds is 11. The van der Waals surface area contributed by atoms with E-state index in [9.17, 15) is 9.59 Å².